The van der Waals surface area contributed by atoms with Gasteiger partial charge in [0.15, 0.2) is 0 Å². The summed E-state index contributed by atoms with van der Waals surface area (Å²) in [6, 6.07) is 5.80. The van der Waals surface area contributed by atoms with E-state index >= 15 is 0 Å². The number of carbonyl (C=O) groups is 2. The first kappa shape index (κ1) is 23.7. The molecule has 1 N–H and O–H groups in total. The smallest absolute Gasteiger partial charge is 0.247 e. The summed E-state index contributed by atoms with van der Waals surface area (Å²) in [6.07, 6.45) is 5.59. The van der Waals surface area contributed by atoms with Crippen LogP contribution >= 0.6 is 0 Å². The van der Waals surface area contributed by atoms with Crippen LogP contribution < -0.4 is 10.2 Å². The summed E-state index contributed by atoms with van der Waals surface area (Å²) in [4.78, 5) is 28.5. The molecule has 1 aromatic carbocycles. The molecule has 1 heterocycles. The van der Waals surface area contributed by atoms with E-state index in [1.54, 1.807) is 13.8 Å². The molecule has 2 fully saturated rings. The van der Waals surface area contributed by atoms with Crippen molar-refractivity contribution in [2.45, 2.75) is 77.8 Å². The summed E-state index contributed by atoms with van der Waals surface area (Å²) in [7, 11) is -3.62. The molecule has 1 atom stereocenters. The summed E-state index contributed by atoms with van der Waals surface area (Å²) < 4.78 is 26.8. The molecule has 7 nitrogen and oxygen atoms in total. The van der Waals surface area contributed by atoms with Crippen molar-refractivity contribution in [1.82, 2.24) is 9.62 Å². The molecule has 2 aliphatic rings. The van der Waals surface area contributed by atoms with Gasteiger partial charge in [-0.05, 0) is 51.7 Å². The van der Waals surface area contributed by atoms with Gasteiger partial charge in [-0.25, -0.2) is 8.42 Å². The summed E-state index contributed by atoms with van der Waals surface area (Å²) in [6.45, 7) is 7.07. The number of benzene rings is 1. The van der Waals surface area contributed by atoms with E-state index < -0.39 is 15.6 Å². The molecule has 0 spiro atoms. The van der Waals surface area contributed by atoms with Gasteiger partial charge in [0.05, 0.1) is 12.3 Å². The zero-order valence-electron chi connectivity index (χ0n) is 19.1. The van der Waals surface area contributed by atoms with Crippen LogP contribution in [-0.4, -0.2) is 55.0 Å². The number of rotatable bonds is 6. The van der Waals surface area contributed by atoms with E-state index in [1.807, 2.05) is 32.0 Å². The largest absolute Gasteiger partial charge is 0.351 e. The lowest BCUT2D eigenvalue weighted by molar-refractivity contribution is -0.133. The molecule has 8 heteroatoms. The Balaban J connectivity index is 2.01. The van der Waals surface area contributed by atoms with Crippen LogP contribution in [0.4, 0.5) is 5.69 Å². The van der Waals surface area contributed by atoms with E-state index in [2.05, 4.69) is 5.32 Å². The van der Waals surface area contributed by atoms with Gasteiger partial charge in [-0.2, -0.15) is 4.31 Å². The quantitative estimate of drug-likeness (QED) is 0.723. The molecular formula is C23H35N3O4S. The minimum atomic E-state index is -3.62. The first-order chi connectivity index (χ1) is 14.6. The average molecular weight is 450 g/mol. The number of nitrogens with zero attached hydrogens (tertiary/aromatic N) is 2. The first-order valence-corrected chi connectivity index (χ1v) is 12.9. The lowest BCUT2D eigenvalue weighted by atomic mass is 9.90. The summed E-state index contributed by atoms with van der Waals surface area (Å²) in [5.74, 6) is -0.701. The fraction of sp³-hybridized carbons (Fsp3) is 0.652. The molecule has 0 bridgehead atoms. The van der Waals surface area contributed by atoms with Gasteiger partial charge < -0.3 is 5.32 Å². The minimum absolute atomic E-state index is 0.0375. The summed E-state index contributed by atoms with van der Waals surface area (Å²) in [5, 5.41) is 3.13. The number of aryl methyl sites for hydroxylation is 2. The van der Waals surface area contributed by atoms with Crippen LogP contribution in [0.1, 0.15) is 63.5 Å². The number of nitrogens with one attached hydrogen (secondary N) is 1. The normalized spacial score (nSPS) is 23.7. The third-order valence-corrected chi connectivity index (χ3v) is 8.39. The second-order valence-electron chi connectivity index (χ2n) is 9.19. The van der Waals surface area contributed by atoms with Crippen molar-refractivity contribution in [1.29, 1.82) is 0 Å². The van der Waals surface area contributed by atoms with Crippen LogP contribution in [0.5, 0.6) is 0 Å². The van der Waals surface area contributed by atoms with E-state index in [0.29, 0.717) is 12.1 Å². The Labute approximate surface area is 186 Å². The Kier molecular flexibility index (Phi) is 7.11. The molecule has 1 aliphatic heterocycles. The molecule has 1 aliphatic carbocycles. The lowest BCUT2D eigenvalue weighted by Gasteiger charge is -2.47. The maximum absolute atomic E-state index is 13.6. The van der Waals surface area contributed by atoms with Crippen molar-refractivity contribution in [2.24, 2.45) is 0 Å². The van der Waals surface area contributed by atoms with Gasteiger partial charge >= 0.3 is 0 Å². The van der Waals surface area contributed by atoms with E-state index in [1.165, 1.54) is 15.6 Å². The van der Waals surface area contributed by atoms with Crippen molar-refractivity contribution in [3.63, 3.8) is 0 Å². The molecular weight excluding hydrogens is 414 g/mol. The van der Waals surface area contributed by atoms with E-state index in [-0.39, 0.29) is 36.7 Å². The van der Waals surface area contributed by atoms with Crippen LogP contribution in [-0.2, 0) is 19.6 Å². The van der Waals surface area contributed by atoms with Crippen LogP contribution in [0.25, 0.3) is 0 Å². The fourth-order valence-electron chi connectivity index (χ4n) is 4.77. The summed E-state index contributed by atoms with van der Waals surface area (Å²) >= 11 is 0. The molecule has 31 heavy (non-hydrogen) atoms. The molecule has 1 aromatic rings. The molecule has 0 radical (unpaired) electrons. The van der Waals surface area contributed by atoms with Crippen molar-refractivity contribution < 1.29 is 18.0 Å². The van der Waals surface area contributed by atoms with Crippen molar-refractivity contribution in [3.8, 4) is 0 Å². The van der Waals surface area contributed by atoms with Gasteiger partial charge in [0.25, 0.3) is 0 Å². The van der Waals surface area contributed by atoms with Gasteiger partial charge in [-0.1, -0.05) is 43.9 Å². The number of carbonyl (C=O) groups excluding carboxylic acids is 2. The minimum Gasteiger partial charge on any atom is -0.351 e. The molecule has 2 amide bonds. The monoisotopic (exact) mass is 449 g/mol. The number of hydrogen-bond donors (Lipinski definition) is 1. The van der Waals surface area contributed by atoms with Crippen molar-refractivity contribution in [2.75, 3.05) is 23.7 Å². The van der Waals surface area contributed by atoms with E-state index in [0.717, 1.165) is 36.8 Å². The second kappa shape index (κ2) is 9.28. The number of hydrogen-bond acceptors (Lipinski definition) is 4. The number of amides is 2. The van der Waals surface area contributed by atoms with E-state index in [4.69, 9.17) is 0 Å². The summed E-state index contributed by atoms with van der Waals surface area (Å²) in [5.41, 5.74) is 1.28. The molecule has 0 aromatic heterocycles. The van der Waals surface area contributed by atoms with Crippen molar-refractivity contribution >= 4 is 27.5 Å². The predicted octanol–water partition coefficient (Wildman–Crippen LogP) is 2.90. The Morgan fingerprint density at radius 2 is 1.87 bits per heavy atom. The molecule has 3 rings (SSSR count). The molecule has 1 saturated carbocycles. The average Bonchev–Trinajstić information content (AvgIpc) is 2.69. The van der Waals surface area contributed by atoms with Crippen LogP contribution in [0.2, 0.25) is 0 Å². The first-order valence-electron chi connectivity index (χ1n) is 11.3. The predicted molar refractivity (Wildman–Crippen MR) is 122 cm³/mol. The SMILES string of the molecule is CCCS(=O)(=O)N1CC(=O)N(c2ccc(C)cc2C)[C@](C)(C(=O)NC2CCCCC2)C1. The van der Waals surface area contributed by atoms with Crippen molar-refractivity contribution in [3.05, 3.63) is 29.3 Å². The Morgan fingerprint density at radius 1 is 1.19 bits per heavy atom. The maximum Gasteiger partial charge on any atom is 0.247 e. The zero-order chi connectivity index (χ0) is 22.8. The van der Waals surface area contributed by atoms with Gasteiger partial charge in [-0.3, -0.25) is 14.5 Å². The van der Waals surface area contributed by atoms with Crippen LogP contribution in [0.3, 0.4) is 0 Å². The molecule has 0 unspecified atom stereocenters. The standard InChI is InChI=1S/C23H35N3O4S/c1-5-13-31(29,30)25-15-21(27)26(20-12-11-17(2)14-18(20)3)23(4,16-25)22(28)24-19-9-7-6-8-10-19/h11-12,14,19H,5-10,13,15-16H2,1-4H3,(H,24,28)/t23-/m0/s1. The highest BCUT2D eigenvalue weighted by Gasteiger charge is 2.51. The number of piperazine rings is 1. The number of sulfonamides is 1. The van der Waals surface area contributed by atoms with Gasteiger partial charge in [0.1, 0.15) is 5.54 Å². The van der Waals surface area contributed by atoms with Gasteiger partial charge in [0.2, 0.25) is 21.8 Å². The fourth-order valence-corrected chi connectivity index (χ4v) is 6.30. The highest BCUT2D eigenvalue weighted by molar-refractivity contribution is 7.89. The Bertz CT molecular complexity index is 940. The third kappa shape index (κ3) is 4.95. The topological polar surface area (TPSA) is 86.8 Å². The van der Waals surface area contributed by atoms with Gasteiger partial charge in [0, 0.05) is 18.3 Å². The second-order valence-corrected chi connectivity index (χ2v) is 11.3. The molecule has 1 saturated heterocycles. The highest BCUT2D eigenvalue weighted by Crippen LogP contribution is 2.34. The molecule has 172 valence electrons. The Morgan fingerprint density at radius 3 is 2.48 bits per heavy atom. The highest BCUT2D eigenvalue weighted by atomic mass is 32.2. The maximum atomic E-state index is 13.6. The van der Waals surface area contributed by atoms with Gasteiger partial charge in [-0.15, -0.1) is 0 Å². The Hall–Kier alpha value is -1.93. The number of anilines is 1. The van der Waals surface area contributed by atoms with Crippen LogP contribution in [0, 0.1) is 13.8 Å². The van der Waals surface area contributed by atoms with Crippen LogP contribution in [0.15, 0.2) is 18.2 Å². The third-order valence-electron chi connectivity index (χ3n) is 6.42. The lowest BCUT2D eigenvalue weighted by Crippen LogP contribution is -2.71. The van der Waals surface area contributed by atoms with E-state index in [9.17, 15) is 18.0 Å². The zero-order valence-corrected chi connectivity index (χ0v) is 19.9.